The first-order valence-corrected chi connectivity index (χ1v) is 7.82. The second kappa shape index (κ2) is 5.42. The number of aryl methyl sites for hydroxylation is 1. The minimum Gasteiger partial charge on any atom is -0.507 e. The molecule has 0 aliphatic carbocycles. The van der Waals surface area contributed by atoms with Crippen LogP contribution in [0.3, 0.4) is 0 Å². The molecule has 1 aromatic heterocycles. The minimum atomic E-state index is -0.0714. The summed E-state index contributed by atoms with van der Waals surface area (Å²) < 4.78 is 0. The maximum Gasteiger partial charge on any atom is 0.125 e. The van der Waals surface area contributed by atoms with Gasteiger partial charge in [-0.15, -0.1) is 0 Å². The molecule has 1 heterocycles. The monoisotopic (exact) mass is 297 g/mol. The van der Waals surface area contributed by atoms with Gasteiger partial charge in [-0.25, -0.2) is 0 Å². The summed E-state index contributed by atoms with van der Waals surface area (Å²) in [6, 6.07) is 8.07. The number of pyridine rings is 1. The Morgan fingerprint density at radius 2 is 1.59 bits per heavy atom. The lowest BCUT2D eigenvalue weighted by Gasteiger charge is -2.28. The van der Waals surface area contributed by atoms with Crippen LogP contribution in [0.1, 0.15) is 58.2 Å². The summed E-state index contributed by atoms with van der Waals surface area (Å²) in [5.41, 5.74) is 5.01. The molecule has 0 spiro atoms. The normalized spacial score (nSPS) is 12.5. The molecule has 2 heteroatoms. The molecule has 2 rings (SSSR count). The summed E-state index contributed by atoms with van der Waals surface area (Å²) in [5, 5.41) is 10.7. The molecule has 0 aliphatic heterocycles. The highest BCUT2D eigenvalue weighted by atomic mass is 16.3. The quantitative estimate of drug-likeness (QED) is 0.769. The number of hydrogen-bond acceptors (Lipinski definition) is 2. The van der Waals surface area contributed by atoms with Gasteiger partial charge in [0.2, 0.25) is 0 Å². The van der Waals surface area contributed by atoms with E-state index in [1.807, 2.05) is 25.1 Å². The van der Waals surface area contributed by atoms with E-state index in [0.29, 0.717) is 5.75 Å². The van der Waals surface area contributed by atoms with Gasteiger partial charge < -0.3 is 5.11 Å². The fourth-order valence-corrected chi connectivity index (χ4v) is 2.65. The largest absolute Gasteiger partial charge is 0.507 e. The van der Waals surface area contributed by atoms with Crippen LogP contribution in [0.2, 0.25) is 0 Å². The molecule has 1 N–H and O–H groups in total. The van der Waals surface area contributed by atoms with Crippen LogP contribution in [0.5, 0.6) is 5.75 Å². The zero-order valence-electron chi connectivity index (χ0n) is 14.8. The van der Waals surface area contributed by atoms with Gasteiger partial charge in [0.25, 0.3) is 0 Å². The molecule has 2 nitrogen and oxygen atoms in total. The number of phenols is 1. The first-order chi connectivity index (χ1) is 10.0. The molecule has 0 fully saturated rings. The maximum absolute atomic E-state index is 10.7. The third-order valence-corrected chi connectivity index (χ3v) is 4.04. The van der Waals surface area contributed by atoms with Crippen molar-refractivity contribution in [3.63, 3.8) is 0 Å². The molecule has 0 amide bonds. The zero-order chi connectivity index (χ0) is 16.7. The molecular formula is C20H27NO. The Balaban J connectivity index is 2.82. The van der Waals surface area contributed by atoms with Crippen molar-refractivity contribution in [2.45, 2.75) is 59.3 Å². The van der Waals surface area contributed by atoms with Gasteiger partial charge in [0.1, 0.15) is 5.75 Å². The number of phenolic OH excluding ortho intramolecular Hbond substituents is 1. The van der Waals surface area contributed by atoms with Crippen LogP contribution in [-0.2, 0) is 10.8 Å². The third-order valence-electron chi connectivity index (χ3n) is 4.04. The number of aromatic nitrogens is 1. The minimum absolute atomic E-state index is 0.00479. The fourth-order valence-electron chi connectivity index (χ4n) is 2.65. The van der Waals surface area contributed by atoms with Crippen LogP contribution in [0.15, 0.2) is 30.5 Å². The van der Waals surface area contributed by atoms with Gasteiger partial charge in [0.15, 0.2) is 0 Å². The van der Waals surface area contributed by atoms with E-state index in [-0.39, 0.29) is 10.8 Å². The summed E-state index contributed by atoms with van der Waals surface area (Å²) in [4.78, 5) is 4.52. The van der Waals surface area contributed by atoms with Crippen molar-refractivity contribution in [2.24, 2.45) is 0 Å². The van der Waals surface area contributed by atoms with E-state index in [4.69, 9.17) is 0 Å². The van der Waals surface area contributed by atoms with Crippen LogP contribution in [0.25, 0.3) is 11.3 Å². The molecule has 0 saturated carbocycles. The maximum atomic E-state index is 10.7. The van der Waals surface area contributed by atoms with Gasteiger partial charge in [0.05, 0.1) is 5.69 Å². The average molecular weight is 297 g/mol. The second-order valence-electron chi connectivity index (χ2n) is 8.09. The highest BCUT2D eigenvalue weighted by Crippen LogP contribution is 2.42. The Labute approximate surface area is 134 Å². The molecule has 0 unspecified atom stereocenters. The van der Waals surface area contributed by atoms with Crippen molar-refractivity contribution in [3.8, 4) is 17.0 Å². The van der Waals surface area contributed by atoms with Crippen molar-refractivity contribution in [1.82, 2.24) is 4.98 Å². The number of benzene rings is 1. The molecule has 1 aromatic carbocycles. The van der Waals surface area contributed by atoms with Crippen LogP contribution in [0.4, 0.5) is 0 Å². The van der Waals surface area contributed by atoms with Crippen molar-refractivity contribution in [3.05, 3.63) is 47.2 Å². The fraction of sp³-hybridized carbons (Fsp3) is 0.450. The summed E-state index contributed by atoms with van der Waals surface area (Å²) in [5.74, 6) is 0.319. The predicted molar refractivity (Wildman–Crippen MR) is 93.5 cm³/mol. The van der Waals surface area contributed by atoms with Gasteiger partial charge in [-0.1, -0.05) is 53.7 Å². The third kappa shape index (κ3) is 3.16. The van der Waals surface area contributed by atoms with Gasteiger partial charge >= 0.3 is 0 Å². The van der Waals surface area contributed by atoms with Crippen molar-refractivity contribution in [1.29, 1.82) is 0 Å². The molecule has 2 aromatic rings. The summed E-state index contributed by atoms with van der Waals surface area (Å²) in [6.45, 7) is 15.1. The van der Waals surface area contributed by atoms with E-state index in [1.165, 1.54) is 0 Å². The Morgan fingerprint density at radius 1 is 0.955 bits per heavy atom. The van der Waals surface area contributed by atoms with Crippen LogP contribution < -0.4 is 0 Å². The highest BCUT2D eigenvalue weighted by molar-refractivity contribution is 5.75. The molecular weight excluding hydrogens is 270 g/mol. The summed E-state index contributed by atoms with van der Waals surface area (Å²) >= 11 is 0. The van der Waals surface area contributed by atoms with Crippen molar-refractivity contribution in [2.75, 3.05) is 0 Å². The first kappa shape index (κ1) is 16.5. The average Bonchev–Trinajstić information content (AvgIpc) is 2.37. The molecule has 0 bridgehead atoms. The topological polar surface area (TPSA) is 33.1 Å². The SMILES string of the molecule is Cc1cccnc1-c1c(O)cc(C(C)(C)C)cc1C(C)(C)C. The molecule has 0 saturated heterocycles. The molecule has 118 valence electrons. The standard InChI is InChI=1S/C20H27NO/c1-13-9-8-10-21-18(13)17-15(20(5,6)7)11-14(12-16(17)22)19(2,3)4/h8-12,22H,1-7H3. The van der Waals surface area contributed by atoms with E-state index < -0.39 is 0 Å². The van der Waals surface area contributed by atoms with Gasteiger partial charge in [-0.05, 0) is 46.6 Å². The Morgan fingerprint density at radius 3 is 2.09 bits per heavy atom. The Kier molecular flexibility index (Phi) is 4.08. The first-order valence-electron chi connectivity index (χ1n) is 7.82. The summed E-state index contributed by atoms with van der Waals surface area (Å²) in [7, 11) is 0. The molecule has 0 radical (unpaired) electrons. The van der Waals surface area contributed by atoms with Gasteiger partial charge in [-0.2, -0.15) is 0 Å². The lowest BCUT2D eigenvalue weighted by atomic mass is 9.77. The van der Waals surface area contributed by atoms with E-state index in [9.17, 15) is 5.11 Å². The molecule has 22 heavy (non-hydrogen) atoms. The van der Waals surface area contributed by atoms with Crippen LogP contribution in [-0.4, -0.2) is 10.1 Å². The summed E-state index contributed by atoms with van der Waals surface area (Å²) in [6.07, 6.45) is 1.78. The van der Waals surface area contributed by atoms with Crippen molar-refractivity contribution >= 4 is 0 Å². The second-order valence-corrected chi connectivity index (χ2v) is 8.09. The number of rotatable bonds is 1. The van der Waals surface area contributed by atoms with Crippen LogP contribution in [0, 0.1) is 6.92 Å². The zero-order valence-corrected chi connectivity index (χ0v) is 14.8. The molecule has 0 atom stereocenters. The van der Waals surface area contributed by atoms with Crippen LogP contribution >= 0.6 is 0 Å². The Bertz CT molecular complexity index is 688. The van der Waals surface area contributed by atoms with Crippen molar-refractivity contribution < 1.29 is 5.11 Å². The van der Waals surface area contributed by atoms with E-state index in [2.05, 4.69) is 52.6 Å². The van der Waals surface area contributed by atoms with Gasteiger partial charge in [-0.3, -0.25) is 4.98 Å². The highest BCUT2D eigenvalue weighted by Gasteiger charge is 2.26. The van der Waals surface area contributed by atoms with E-state index >= 15 is 0 Å². The number of aromatic hydroxyl groups is 1. The molecule has 0 aliphatic rings. The van der Waals surface area contributed by atoms with E-state index in [0.717, 1.165) is 27.9 Å². The lowest BCUT2D eigenvalue weighted by Crippen LogP contribution is -2.18. The number of hydrogen-bond donors (Lipinski definition) is 1. The Hall–Kier alpha value is -1.83. The number of nitrogens with zero attached hydrogens (tertiary/aromatic N) is 1. The predicted octanol–water partition coefficient (Wildman–Crippen LogP) is 5.36. The lowest BCUT2D eigenvalue weighted by molar-refractivity contribution is 0.468. The van der Waals surface area contributed by atoms with Gasteiger partial charge in [0, 0.05) is 11.8 Å². The smallest absolute Gasteiger partial charge is 0.125 e. The van der Waals surface area contributed by atoms with E-state index in [1.54, 1.807) is 6.20 Å².